The second-order valence-electron chi connectivity index (χ2n) is 5.67. The van der Waals surface area contributed by atoms with E-state index in [9.17, 15) is 19.8 Å². The molecule has 1 aliphatic rings. The Labute approximate surface area is 133 Å². The predicted octanol–water partition coefficient (Wildman–Crippen LogP) is 1.37. The highest BCUT2D eigenvalue weighted by Gasteiger charge is 2.55. The van der Waals surface area contributed by atoms with Crippen LogP contribution >= 0.6 is 0 Å². The SMILES string of the molecule is CC(=O)[C@@H](O)[C@]1(O)C(=O)N(Cc2ccccc2)c2ccccc21. The zero-order valence-corrected chi connectivity index (χ0v) is 12.6. The van der Waals surface area contributed by atoms with E-state index in [1.165, 1.54) is 4.90 Å². The maximum Gasteiger partial charge on any atom is 0.267 e. The molecule has 0 fully saturated rings. The topological polar surface area (TPSA) is 77.8 Å². The summed E-state index contributed by atoms with van der Waals surface area (Å²) in [5, 5.41) is 21.0. The molecule has 2 aromatic rings. The summed E-state index contributed by atoms with van der Waals surface area (Å²) in [5.74, 6) is -1.34. The van der Waals surface area contributed by atoms with Crippen molar-refractivity contribution in [3.05, 3.63) is 65.7 Å². The molecule has 118 valence electrons. The van der Waals surface area contributed by atoms with Gasteiger partial charge in [0.15, 0.2) is 11.9 Å². The second-order valence-corrected chi connectivity index (χ2v) is 5.67. The molecule has 2 atom stereocenters. The Hall–Kier alpha value is -2.50. The molecule has 2 N–H and O–H groups in total. The van der Waals surface area contributed by atoms with Crippen LogP contribution in [0.15, 0.2) is 54.6 Å². The third kappa shape index (κ3) is 2.34. The minimum atomic E-state index is -2.24. The van der Waals surface area contributed by atoms with Gasteiger partial charge >= 0.3 is 0 Å². The molecule has 5 nitrogen and oxygen atoms in total. The van der Waals surface area contributed by atoms with E-state index in [0.717, 1.165) is 12.5 Å². The van der Waals surface area contributed by atoms with E-state index < -0.39 is 23.4 Å². The second kappa shape index (κ2) is 5.61. The number of para-hydroxylation sites is 1. The molecule has 0 radical (unpaired) electrons. The number of aliphatic hydroxyl groups excluding tert-OH is 1. The first-order chi connectivity index (χ1) is 11.0. The molecular formula is C18H17NO4. The van der Waals surface area contributed by atoms with Gasteiger partial charge in [-0.05, 0) is 18.6 Å². The number of amides is 1. The fraction of sp³-hybridized carbons (Fsp3) is 0.222. The van der Waals surface area contributed by atoms with Gasteiger partial charge in [0, 0.05) is 5.56 Å². The molecule has 1 amide bonds. The normalized spacial score (nSPS) is 21.2. The Morgan fingerprint density at radius 3 is 2.39 bits per heavy atom. The molecule has 0 saturated heterocycles. The van der Waals surface area contributed by atoms with E-state index in [-0.39, 0.29) is 12.1 Å². The first-order valence-electron chi connectivity index (χ1n) is 7.32. The van der Waals surface area contributed by atoms with E-state index in [1.807, 2.05) is 30.3 Å². The van der Waals surface area contributed by atoms with Gasteiger partial charge < -0.3 is 15.1 Å². The lowest BCUT2D eigenvalue weighted by molar-refractivity contribution is -0.158. The summed E-state index contributed by atoms with van der Waals surface area (Å²) in [6.07, 6.45) is -1.79. The van der Waals surface area contributed by atoms with Crippen LogP contribution in [0.25, 0.3) is 0 Å². The Morgan fingerprint density at radius 2 is 1.74 bits per heavy atom. The van der Waals surface area contributed by atoms with Crippen molar-refractivity contribution in [1.82, 2.24) is 0 Å². The number of fused-ring (bicyclic) bond motifs is 1. The van der Waals surface area contributed by atoms with Crippen LogP contribution in [0.5, 0.6) is 0 Å². The fourth-order valence-electron chi connectivity index (χ4n) is 2.94. The molecule has 0 spiro atoms. The quantitative estimate of drug-likeness (QED) is 0.894. The molecule has 2 aromatic carbocycles. The number of nitrogens with zero attached hydrogens (tertiary/aromatic N) is 1. The van der Waals surface area contributed by atoms with Gasteiger partial charge in [0.05, 0.1) is 12.2 Å². The minimum Gasteiger partial charge on any atom is -0.381 e. The van der Waals surface area contributed by atoms with E-state index >= 15 is 0 Å². The average molecular weight is 311 g/mol. The Morgan fingerprint density at radius 1 is 1.13 bits per heavy atom. The van der Waals surface area contributed by atoms with Crippen LogP contribution in [-0.4, -0.2) is 28.0 Å². The van der Waals surface area contributed by atoms with Crippen LogP contribution in [-0.2, 0) is 21.7 Å². The number of carbonyl (C=O) groups excluding carboxylic acids is 2. The number of benzene rings is 2. The molecular weight excluding hydrogens is 294 g/mol. The largest absolute Gasteiger partial charge is 0.381 e. The number of carbonyl (C=O) groups is 2. The van der Waals surface area contributed by atoms with Gasteiger partial charge in [-0.2, -0.15) is 0 Å². The molecule has 0 bridgehead atoms. The van der Waals surface area contributed by atoms with Gasteiger partial charge in [-0.25, -0.2) is 0 Å². The first kappa shape index (κ1) is 15.4. The lowest BCUT2D eigenvalue weighted by Gasteiger charge is -2.26. The van der Waals surface area contributed by atoms with Crippen molar-refractivity contribution in [3.63, 3.8) is 0 Å². The summed E-state index contributed by atoms with van der Waals surface area (Å²) >= 11 is 0. The smallest absolute Gasteiger partial charge is 0.267 e. The Kier molecular flexibility index (Phi) is 3.75. The summed E-state index contributed by atoms with van der Waals surface area (Å²) in [6, 6.07) is 16.0. The van der Waals surface area contributed by atoms with Crippen LogP contribution in [0.2, 0.25) is 0 Å². The fourth-order valence-corrected chi connectivity index (χ4v) is 2.94. The van der Waals surface area contributed by atoms with Crippen molar-refractivity contribution in [1.29, 1.82) is 0 Å². The predicted molar refractivity (Wildman–Crippen MR) is 84.7 cm³/mol. The minimum absolute atomic E-state index is 0.253. The van der Waals surface area contributed by atoms with E-state index in [2.05, 4.69) is 0 Å². The van der Waals surface area contributed by atoms with Gasteiger partial charge in [0.2, 0.25) is 5.60 Å². The molecule has 0 aromatic heterocycles. The van der Waals surface area contributed by atoms with Crippen molar-refractivity contribution in [3.8, 4) is 0 Å². The van der Waals surface area contributed by atoms with Gasteiger partial charge in [-0.15, -0.1) is 0 Å². The molecule has 1 heterocycles. The molecule has 23 heavy (non-hydrogen) atoms. The van der Waals surface area contributed by atoms with Gasteiger partial charge in [0.25, 0.3) is 5.91 Å². The van der Waals surface area contributed by atoms with E-state index in [4.69, 9.17) is 0 Å². The number of hydrogen-bond acceptors (Lipinski definition) is 4. The maximum absolute atomic E-state index is 12.8. The van der Waals surface area contributed by atoms with E-state index in [0.29, 0.717) is 5.69 Å². The Bertz CT molecular complexity index is 759. The molecule has 5 heteroatoms. The van der Waals surface area contributed by atoms with Crippen LogP contribution in [0.1, 0.15) is 18.1 Å². The molecule has 0 aliphatic carbocycles. The van der Waals surface area contributed by atoms with Crippen LogP contribution in [0, 0.1) is 0 Å². The van der Waals surface area contributed by atoms with Crippen molar-refractivity contribution in [2.24, 2.45) is 0 Å². The third-order valence-electron chi connectivity index (χ3n) is 4.14. The molecule has 1 aliphatic heterocycles. The van der Waals surface area contributed by atoms with Crippen LogP contribution < -0.4 is 4.90 Å². The van der Waals surface area contributed by atoms with Gasteiger partial charge in [0.1, 0.15) is 0 Å². The molecule has 3 rings (SSSR count). The number of Topliss-reactive ketones (excluding diaryl/α,β-unsaturated/α-hetero) is 1. The highest BCUT2D eigenvalue weighted by atomic mass is 16.4. The first-order valence-corrected chi connectivity index (χ1v) is 7.32. The van der Waals surface area contributed by atoms with Crippen molar-refractivity contribution < 1.29 is 19.8 Å². The number of ketones is 1. The van der Waals surface area contributed by atoms with Crippen molar-refractivity contribution in [2.75, 3.05) is 4.90 Å². The standard InChI is InChI=1S/C18H17NO4/c1-12(20)16(21)18(23)14-9-5-6-10-15(14)19(17(18)22)11-13-7-3-2-4-8-13/h2-10,16,21,23H,11H2,1H3/t16-,18+/m1/s1. The zero-order valence-electron chi connectivity index (χ0n) is 12.6. The molecule has 0 saturated carbocycles. The highest BCUT2D eigenvalue weighted by Crippen LogP contribution is 2.43. The highest BCUT2D eigenvalue weighted by molar-refractivity contribution is 6.09. The number of anilines is 1. The lowest BCUT2D eigenvalue weighted by atomic mass is 9.87. The summed E-state index contributed by atoms with van der Waals surface area (Å²) in [5.41, 5.74) is -0.595. The maximum atomic E-state index is 12.8. The van der Waals surface area contributed by atoms with Crippen molar-refractivity contribution in [2.45, 2.75) is 25.2 Å². The summed E-state index contributed by atoms with van der Waals surface area (Å²) in [7, 11) is 0. The summed E-state index contributed by atoms with van der Waals surface area (Å²) < 4.78 is 0. The lowest BCUT2D eigenvalue weighted by Crippen LogP contribution is -2.51. The third-order valence-corrected chi connectivity index (χ3v) is 4.14. The summed E-state index contributed by atoms with van der Waals surface area (Å²) in [4.78, 5) is 25.8. The average Bonchev–Trinajstić information content (AvgIpc) is 2.78. The Balaban J connectivity index is 2.07. The van der Waals surface area contributed by atoms with Crippen molar-refractivity contribution >= 4 is 17.4 Å². The zero-order chi connectivity index (χ0) is 16.6. The summed E-state index contributed by atoms with van der Waals surface area (Å²) in [6.45, 7) is 1.40. The van der Waals surface area contributed by atoms with Crippen LogP contribution in [0.3, 0.4) is 0 Å². The molecule has 0 unspecified atom stereocenters. The van der Waals surface area contributed by atoms with E-state index in [1.54, 1.807) is 24.3 Å². The van der Waals surface area contributed by atoms with Gasteiger partial charge in [-0.3, -0.25) is 9.59 Å². The number of hydrogen-bond donors (Lipinski definition) is 2. The van der Waals surface area contributed by atoms with Gasteiger partial charge in [-0.1, -0.05) is 48.5 Å². The number of rotatable bonds is 4. The van der Waals surface area contributed by atoms with Crippen LogP contribution in [0.4, 0.5) is 5.69 Å². The monoisotopic (exact) mass is 311 g/mol. The number of aliphatic hydroxyl groups is 2.